The maximum absolute atomic E-state index is 12.9. The van der Waals surface area contributed by atoms with E-state index in [1.807, 2.05) is 0 Å². The topological polar surface area (TPSA) is 108 Å². The molecule has 4 rings (SSSR count). The molecule has 28 heavy (non-hydrogen) atoms. The van der Waals surface area contributed by atoms with E-state index in [9.17, 15) is 13.2 Å². The minimum Gasteiger partial charge on any atom is -0.339 e. The van der Waals surface area contributed by atoms with Gasteiger partial charge in [-0.1, -0.05) is 18.0 Å². The van der Waals surface area contributed by atoms with E-state index in [4.69, 9.17) is 10.3 Å². The zero-order valence-electron chi connectivity index (χ0n) is 15.5. The summed E-state index contributed by atoms with van der Waals surface area (Å²) in [6.45, 7) is 3.43. The first-order valence-electron chi connectivity index (χ1n) is 9.09. The van der Waals surface area contributed by atoms with Gasteiger partial charge in [-0.2, -0.15) is 23.1 Å². The number of hydrogen-bond acceptors (Lipinski definition) is 7. The van der Waals surface area contributed by atoms with Crippen molar-refractivity contribution in [2.45, 2.75) is 64.1 Å². The highest BCUT2D eigenvalue weighted by molar-refractivity contribution is 5.37. The van der Waals surface area contributed by atoms with E-state index in [1.54, 1.807) is 13.8 Å². The number of fused-ring (bicyclic) bond motifs is 1. The van der Waals surface area contributed by atoms with Gasteiger partial charge in [0.05, 0.1) is 5.54 Å². The standard InChI is InChI=1S/C17H20F3N7O/c1-9-11(10(2)27-15(22-9)24-14(25-27)17(18,19)20)5-6-12-23-13(26-28-12)16(21)7-3-4-8-16/h3-8,21H2,1-2H3. The van der Waals surface area contributed by atoms with Crippen molar-refractivity contribution < 1.29 is 17.7 Å². The van der Waals surface area contributed by atoms with Crippen LogP contribution in [-0.2, 0) is 24.6 Å². The van der Waals surface area contributed by atoms with Crippen LogP contribution >= 0.6 is 0 Å². The molecular formula is C17H20F3N7O. The fraction of sp³-hybridized carbons (Fsp3) is 0.588. The molecule has 150 valence electrons. The number of nitrogens with two attached hydrogens (primary N) is 1. The lowest BCUT2D eigenvalue weighted by molar-refractivity contribution is -0.144. The van der Waals surface area contributed by atoms with E-state index in [0.29, 0.717) is 35.9 Å². The highest BCUT2D eigenvalue weighted by Crippen LogP contribution is 2.34. The van der Waals surface area contributed by atoms with Gasteiger partial charge in [0.25, 0.3) is 11.6 Å². The molecule has 0 unspecified atom stereocenters. The van der Waals surface area contributed by atoms with Crippen LogP contribution in [0.5, 0.6) is 0 Å². The Bertz CT molecular complexity index is 1020. The fourth-order valence-corrected chi connectivity index (χ4v) is 3.71. The van der Waals surface area contributed by atoms with Crippen molar-refractivity contribution in [3.05, 3.63) is 34.5 Å². The minimum absolute atomic E-state index is 0.0718. The average molecular weight is 395 g/mol. The molecule has 0 aliphatic heterocycles. The third-order valence-corrected chi connectivity index (χ3v) is 5.30. The van der Waals surface area contributed by atoms with Crippen molar-refractivity contribution in [3.63, 3.8) is 0 Å². The summed E-state index contributed by atoms with van der Waals surface area (Å²) < 4.78 is 45.1. The summed E-state index contributed by atoms with van der Waals surface area (Å²) in [6, 6.07) is 0. The first kappa shape index (κ1) is 18.8. The number of hydrogen-bond donors (Lipinski definition) is 1. The molecule has 0 bridgehead atoms. The van der Waals surface area contributed by atoms with Crippen LogP contribution in [0.4, 0.5) is 13.2 Å². The Morgan fingerprint density at radius 3 is 2.50 bits per heavy atom. The van der Waals surface area contributed by atoms with Crippen molar-refractivity contribution in [3.8, 4) is 0 Å². The fourth-order valence-electron chi connectivity index (χ4n) is 3.71. The first-order chi connectivity index (χ1) is 13.2. The minimum atomic E-state index is -4.62. The Balaban J connectivity index is 1.57. The summed E-state index contributed by atoms with van der Waals surface area (Å²) in [5.41, 5.74) is 7.74. The van der Waals surface area contributed by atoms with Gasteiger partial charge in [-0.05, 0) is 38.7 Å². The van der Waals surface area contributed by atoms with Gasteiger partial charge >= 0.3 is 6.18 Å². The molecular weight excluding hydrogens is 375 g/mol. The van der Waals surface area contributed by atoms with Crippen molar-refractivity contribution in [2.75, 3.05) is 0 Å². The summed E-state index contributed by atoms with van der Waals surface area (Å²) in [6.07, 6.45) is 0.0361. The summed E-state index contributed by atoms with van der Waals surface area (Å²) >= 11 is 0. The average Bonchev–Trinajstić information content (AvgIpc) is 3.33. The molecule has 2 N–H and O–H groups in total. The monoisotopic (exact) mass is 395 g/mol. The molecule has 1 aliphatic carbocycles. The van der Waals surface area contributed by atoms with E-state index < -0.39 is 17.5 Å². The number of alkyl halides is 3. The summed E-state index contributed by atoms with van der Waals surface area (Å²) in [4.78, 5) is 12.1. The molecule has 1 fully saturated rings. The third kappa shape index (κ3) is 3.23. The molecule has 0 saturated heterocycles. The highest BCUT2D eigenvalue weighted by atomic mass is 19.4. The zero-order valence-corrected chi connectivity index (χ0v) is 15.5. The Kier molecular flexibility index (Phi) is 4.36. The number of halogens is 3. The van der Waals surface area contributed by atoms with Crippen LogP contribution in [0.25, 0.3) is 5.78 Å². The second-order valence-electron chi connectivity index (χ2n) is 7.28. The van der Waals surface area contributed by atoms with E-state index in [1.165, 1.54) is 0 Å². The molecule has 3 aromatic rings. The van der Waals surface area contributed by atoms with Crippen molar-refractivity contribution >= 4 is 5.78 Å². The van der Waals surface area contributed by atoms with Crippen LogP contribution in [-0.4, -0.2) is 29.7 Å². The Labute approximate surface area is 158 Å². The molecule has 8 nitrogen and oxygen atoms in total. The summed E-state index contributed by atoms with van der Waals surface area (Å²) in [5.74, 6) is -0.309. The second kappa shape index (κ2) is 6.50. The van der Waals surface area contributed by atoms with Gasteiger partial charge in [-0.15, -0.1) is 5.10 Å². The lowest BCUT2D eigenvalue weighted by Crippen LogP contribution is -2.34. The molecule has 0 aromatic carbocycles. The van der Waals surface area contributed by atoms with Crippen LogP contribution in [0, 0.1) is 13.8 Å². The quantitative estimate of drug-likeness (QED) is 0.723. The van der Waals surface area contributed by atoms with Crippen LogP contribution in [0.15, 0.2) is 4.52 Å². The second-order valence-corrected chi connectivity index (χ2v) is 7.28. The largest absolute Gasteiger partial charge is 0.453 e. The van der Waals surface area contributed by atoms with Crippen molar-refractivity contribution in [1.82, 2.24) is 29.7 Å². The van der Waals surface area contributed by atoms with Crippen molar-refractivity contribution in [1.29, 1.82) is 0 Å². The highest BCUT2D eigenvalue weighted by Gasteiger charge is 2.37. The van der Waals surface area contributed by atoms with E-state index in [0.717, 1.165) is 35.8 Å². The molecule has 3 aromatic heterocycles. The van der Waals surface area contributed by atoms with Gasteiger partial charge in [-0.25, -0.2) is 9.50 Å². The molecule has 0 radical (unpaired) electrons. The Hall–Kier alpha value is -2.56. The Morgan fingerprint density at radius 2 is 1.82 bits per heavy atom. The number of rotatable bonds is 4. The summed E-state index contributed by atoms with van der Waals surface area (Å²) in [7, 11) is 0. The smallest absolute Gasteiger partial charge is 0.339 e. The summed E-state index contributed by atoms with van der Waals surface area (Å²) in [5, 5.41) is 7.58. The maximum Gasteiger partial charge on any atom is 0.453 e. The van der Waals surface area contributed by atoms with E-state index in [-0.39, 0.29) is 5.78 Å². The first-order valence-corrected chi connectivity index (χ1v) is 9.09. The SMILES string of the molecule is Cc1nc2nc(C(F)(F)F)nn2c(C)c1CCc1nc(C2(N)CCCC2)no1. The number of aromatic nitrogens is 6. The van der Waals surface area contributed by atoms with Gasteiger partial charge in [-0.3, -0.25) is 0 Å². The van der Waals surface area contributed by atoms with Crippen LogP contribution in [0.3, 0.4) is 0 Å². The van der Waals surface area contributed by atoms with Gasteiger partial charge in [0.15, 0.2) is 5.82 Å². The predicted octanol–water partition coefficient (Wildman–Crippen LogP) is 2.66. The lowest BCUT2D eigenvalue weighted by Gasteiger charge is -2.17. The maximum atomic E-state index is 12.9. The number of nitrogens with zero attached hydrogens (tertiary/aromatic N) is 6. The molecule has 0 amide bonds. The van der Waals surface area contributed by atoms with E-state index in [2.05, 4.69) is 25.2 Å². The molecule has 1 saturated carbocycles. The van der Waals surface area contributed by atoms with Crippen LogP contribution < -0.4 is 5.73 Å². The molecule has 1 aliphatic rings. The van der Waals surface area contributed by atoms with Crippen LogP contribution in [0.1, 0.15) is 60.2 Å². The predicted molar refractivity (Wildman–Crippen MR) is 91.3 cm³/mol. The van der Waals surface area contributed by atoms with Crippen molar-refractivity contribution in [2.24, 2.45) is 5.73 Å². The molecule has 0 spiro atoms. The third-order valence-electron chi connectivity index (χ3n) is 5.30. The number of aryl methyl sites for hydroxylation is 3. The van der Waals surface area contributed by atoms with Gasteiger partial charge in [0.1, 0.15) is 0 Å². The van der Waals surface area contributed by atoms with Gasteiger partial charge in [0, 0.05) is 17.8 Å². The van der Waals surface area contributed by atoms with Crippen LogP contribution in [0.2, 0.25) is 0 Å². The normalized spacial score (nSPS) is 16.9. The Morgan fingerprint density at radius 1 is 1.11 bits per heavy atom. The molecule has 0 atom stereocenters. The van der Waals surface area contributed by atoms with E-state index >= 15 is 0 Å². The van der Waals surface area contributed by atoms with Gasteiger partial charge < -0.3 is 10.3 Å². The molecule has 11 heteroatoms. The molecule has 3 heterocycles. The van der Waals surface area contributed by atoms with Gasteiger partial charge in [0.2, 0.25) is 5.89 Å². The zero-order chi connectivity index (χ0) is 20.1. The lowest BCUT2D eigenvalue weighted by atomic mass is 9.98.